The summed E-state index contributed by atoms with van der Waals surface area (Å²) in [5, 5.41) is 0. The van der Waals surface area contributed by atoms with E-state index in [1.54, 1.807) is 13.0 Å². The van der Waals surface area contributed by atoms with Gasteiger partial charge in [0.2, 0.25) is 0 Å². The van der Waals surface area contributed by atoms with E-state index in [4.69, 9.17) is 9.47 Å². The number of hydrogen-bond acceptors (Lipinski definition) is 3. The first kappa shape index (κ1) is 18.1. The molecule has 0 amide bonds. The normalized spacial score (nSPS) is 12.3. The maximum absolute atomic E-state index is 13.3. The zero-order valence-corrected chi connectivity index (χ0v) is 15.2. The van der Waals surface area contributed by atoms with Crippen LogP contribution in [0.4, 0.5) is 4.39 Å². The van der Waals surface area contributed by atoms with Crippen LogP contribution in [-0.2, 0) is 16.1 Å². The molecule has 0 aliphatic heterocycles. The maximum Gasteiger partial charge on any atom is 0.338 e. The van der Waals surface area contributed by atoms with Gasteiger partial charge in [-0.1, -0.05) is 12.1 Å². The Balaban J connectivity index is 1.93. The van der Waals surface area contributed by atoms with Crippen molar-refractivity contribution in [3.8, 4) is 0 Å². The molecule has 0 bridgehead atoms. The van der Waals surface area contributed by atoms with Crippen molar-refractivity contribution in [1.82, 2.24) is 4.40 Å². The molecule has 0 aliphatic carbocycles. The lowest BCUT2D eigenvalue weighted by atomic mass is 10.0. The highest BCUT2D eigenvalue weighted by atomic mass is 19.1. The molecule has 1 unspecified atom stereocenters. The fourth-order valence-electron chi connectivity index (χ4n) is 3.15. The summed E-state index contributed by atoms with van der Waals surface area (Å²) in [6.45, 7) is 6.21. The summed E-state index contributed by atoms with van der Waals surface area (Å²) in [5.41, 5.74) is 3.90. The predicted octanol–water partition coefficient (Wildman–Crippen LogP) is 4.84. The Bertz CT molecular complexity index is 932. The van der Waals surface area contributed by atoms with Crippen LogP contribution in [0.2, 0.25) is 0 Å². The van der Waals surface area contributed by atoms with Crippen LogP contribution in [0.5, 0.6) is 0 Å². The minimum atomic E-state index is -0.340. The number of benzene rings is 1. The van der Waals surface area contributed by atoms with E-state index in [2.05, 4.69) is 0 Å². The second-order valence-corrected chi connectivity index (χ2v) is 6.17. The summed E-state index contributed by atoms with van der Waals surface area (Å²) in [4.78, 5) is 12.3. The molecule has 0 aliphatic rings. The molecule has 3 aromatic rings. The van der Waals surface area contributed by atoms with Gasteiger partial charge in [0.15, 0.2) is 0 Å². The quantitative estimate of drug-likeness (QED) is 0.594. The van der Waals surface area contributed by atoms with Crippen molar-refractivity contribution in [2.75, 3.05) is 6.61 Å². The van der Waals surface area contributed by atoms with Crippen molar-refractivity contribution in [1.29, 1.82) is 0 Å². The Morgan fingerprint density at radius 1 is 1.23 bits per heavy atom. The number of carbonyl (C=O) groups is 1. The van der Waals surface area contributed by atoms with E-state index in [9.17, 15) is 9.18 Å². The summed E-state index contributed by atoms with van der Waals surface area (Å²) in [7, 11) is 0. The van der Waals surface area contributed by atoms with Crippen molar-refractivity contribution in [3.63, 3.8) is 0 Å². The number of pyridine rings is 1. The van der Waals surface area contributed by atoms with Crippen LogP contribution >= 0.6 is 0 Å². The van der Waals surface area contributed by atoms with Crippen LogP contribution < -0.4 is 0 Å². The van der Waals surface area contributed by atoms with Gasteiger partial charge in [0.05, 0.1) is 30.6 Å². The number of fused-ring (bicyclic) bond motifs is 1. The molecule has 5 heteroatoms. The van der Waals surface area contributed by atoms with Crippen LogP contribution in [-0.4, -0.2) is 17.0 Å². The summed E-state index contributed by atoms with van der Waals surface area (Å²) in [6, 6.07) is 12.0. The molecule has 0 spiro atoms. The minimum absolute atomic E-state index is 0.283. The predicted molar refractivity (Wildman–Crippen MR) is 97.7 cm³/mol. The molecule has 0 fully saturated rings. The molecule has 4 nitrogen and oxygen atoms in total. The van der Waals surface area contributed by atoms with E-state index in [0.29, 0.717) is 12.2 Å². The van der Waals surface area contributed by atoms with E-state index in [1.807, 2.05) is 48.7 Å². The summed E-state index contributed by atoms with van der Waals surface area (Å²) in [6.07, 6.45) is 1.65. The standard InChI is InChI=1S/C21H22FNO3/c1-4-25-21(24)19-12-18-9-6-10-23(18)20(14(19)2)15(3)26-13-16-7-5-8-17(22)11-16/h5-12,15H,4,13H2,1-3H3. The van der Waals surface area contributed by atoms with Crippen molar-refractivity contribution in [2.24, 2.45) is 0 Å². The smallest absolute Gasteiger partial charge is 0.338 e. The van der Waals surface area contributed by atoms with Gasteiger partial charge in [-0.05, 0) is 62.2 Å². The molecule has 3 rings (SSSR count). The van der Waals surface area contributed by atoms with Crippen LogP contribution in [0.1, 0.15) is 47.1 Å². The van der Waals surface area contributed by atoms with Gasteiger partial charge in [0.25, 0.3) is 0 Å². The molecular formula is C21H22FNO3. The molecule has 0 radical (unpaired) electrons. The van der Waals surface area contributed by atoms with Crippen molar-refractivity contribution >= 4 is 11.5 Å². The van der Waals surface area contributed by atoms with Gasteiger partial charge >= 0.3 is 5.97 Å². The monoisotopic (exact) mass is 355 g/mol. The second kappa shape index (κ2) is 7.70. The lowest BCUT2D eigenvalue weighted by molar-refractivity contribution is 0.0474. The lowest BCUT2D eigenvalue weighted by Gasteiger charge is -2.20. The lowest BCUT2D eigenvalue weighted by Crippen LogP contribution is -2.14. The van der Waals surface area contributed by atoms with E-state index < -0.39 is 0 Å². The van der Waals surface area contributed by atoms with E-state index >= 15 is 0 Å². The van der Waals surface area contributed by atoms with Gasteiger partial charge in [0, 0.05) is 11.7 Å². The Morgan fingerprint density at radius 2 is 2.04 bits per heavy atom. The van der Waals surface area contributed by atoms with Crippen molar-refractivity contribution in [3.05, 3.63) is 76.9 Å². The van der Waals surface area contributed by atoms with Crippen LogP contribution in [0.25, 0.3) is 5.52 Å². The molecule has 26 heavy (non-hydrogen) atoms. The first-order chi connectivity index (χ1) is 12.5. The molecule has 1 atom stereocenters. The fourth-order valence-corrected chi connectivity index (χ4v) is 3.15. The van der Waals surface area contributed by atoms with E-state index in [1.165, 1.54) is 12.1 Å². The minimum Gasteiger partial charge on any atom is -0.462 e. The highest BCUT2D eigenvalue weighted by Gasteiger charge is 2.20. The topological polar surface area (TPSA) is 39.9 Å². The third-order valence-corrected chi connectivity index (χ3v) is 4.39. The SMILES string of the molecule is CCOC(=O)c1cc2cccn2c(C(C)OCc2cccc(F)c2)c1C. The number of ether oxygens (including phenoxy) is 2. The number of esters is 1. The summed E-state index contributed by atoms with van der Waals surface area (Å²) < 4.78 is 26.5. The number of carbonyl (C=O) groups excluding carboxylic acids is 1. The molecular weight excluding hydrogens is 333 g/mol. The largest absolute Gasteiger partial charge is 0.462 e. The molecule has 0 saturated heterocycles. The number of nitrogens with zero attached hydrogens (tertiary/aromatic N) is 1. The zero-order valence-electron chi connectivity index (χ0n) is 15.2. The summed E-state index contributed by atoms with van der Waals surface area (Å²) in [5.74, 6) is -0.626. The number of aromatic nitrogens is 1. The van der Waals surface area contributed by atoms with E-state index in [0.717, 1.165) is 22.3 Å². The molecule has 0 N–H and O–H groups in total. The van der Waals surface area contributed by atoms with Crippen molar-refractivity contribution in [2.45, 2.75) is 33.5 Å². The first-order valence-electron chi connectivity index (χ1n) is 8.65. The zero-order chi connectivity index (χ0) is 18.7. The number of hydrogen-bond donors (Lipinski definition) is 0. The number of rotatable bonds is 6. The van der Waals surface area contributed by atoms with Crippen molar-refractivity contribution < 1.29 is 18.7 Å². The van der Waals surface area contributed by atoms with Gasteiger partial charge in [0.1, 0.15) is 5.82 Å². The van der Waals surface area contributed by atoms with Gasteiger partial charge in [-0.15, -0.1) is 0 Å². The van der Waals surface area contributed by atoms with Gasteiger partial charge in [-0.25, -0.2) is 9.18 Å². The van der Waals surface area contributed by atoms with Crippen LogP contribution in [0.15, 0.2) is 48.7 Å². The summed E-state index contributed by atoms with van der Waals surface area (Å²) >= 11 is 0. The average Bonchev–Trinajstić information content (AvgIpc) is 3.07. The molecule has 136 valence electrons. The Morgan fingerprint density at radius 3 is 2.77 bits per heavy atom. The molecule has 1 aromatic carbocycles. The van der Waals surface area contributed by atoms with E-state index in [-0.39, 0.29) is 24.5 Å². The van der Waals surface area contributed by atoms with Crippen LogP contribution in [0, 0.1) is 12.7 Å². The highest BCUT2D eigenvalue weighted by molar-refractivity contribution is 5.92. The maximum atomic E-state index is 13.3. The second-order valence-electron chi connectivity index (χ2n) is 6.17. The highest BCUT2D eigenvalue weighted by Crippen LogP contribution is 2.27. The van der Waals surface area contributed by atoms with Gasteiger partial charge in [-0.2, -0.15) is 0 Å². The Kier molecular flexibility index (Phi) is 5.38. The third kappa shape index (κ3) is 3.63. The molecule has 2 aromatic heterocycles. The fraction of sp³-hybridized carbons (Fsp3) is 0.286. The number of halogens is 1. The first-order valence-corrected chi connectivity index (χ1v) is 8.65. The molecule has 2 heterocycles. The van der Waals surface area contributed by atoms with Crippen LogP contribution in [0.3, 0.4) is 0 Å². The third-order valence-electron chi connectivity index (χ3n) is 4.39. The van der Waals surface area contributed by atoms with Gasteiger partial charge in [-0.3, -0.25) is 0 Å². The van der Waals surface area contributed by atoms with Gasteiger partial charge < -0.3 is 13.9 Å². The average molecular weight is 355 g/mol. The Labute approximate surface area is 152 Å². The Hall–Kier alpha value is -2.66. The molecule has 0 saturated carbocycles.